The molecule has 4 fully saturated rings. The minimum atomic E-state index is -0.591. The van der Waals surface area contributed by atoms with Gasteiger partial charge in [-0.1, -0.05) is 40.0 Å². The fraction of sp³-hybridized carbons (Fsp3) is 1.00. The number of piperidine rings is 3. The molecule has 128 valence electrons. The molecular weight excluding hydrogens is 278 g/mol. The lowest BCUT2D eigenvalue weighted by atomic mass is 9.41. The highest BCUT2D eigenvalue weighted by Gasteiger charge is 2.75. The third-order valence-electron chi connectivity index (χ3n) is 6.97. The van der Waals surface area contributed by atoms with E-state index in [4.69, 9.17) is 0 Å². The predicted molar refractivity (Wildman–Crippen MR) is 86.5 cm³/mol. The summed E-state index contributed by atoms with van der Waals surface area (Å²) in [5.74, 6) is 0. The maximum atomic E-state index is 11.3. The molecule has 0 radical (unpaired) electrons. The van der Waals surface area contributed by atoms with Crippen molar-refractivity contribution in [2.24, 2.45) is 16.2 Å². The molecule has 22 heavy (non-hydrogen) atoms. The Labute approximate surface area is 134 Å². The Balaban J connectivity index is 2.12. The van der Waals surface area contributed by atoms with Crippen LogP contribution in [0.4, 0.5) is 0 Å². The summed E-state index contributed by atoms with van der Waals surface area (Å²) in [5.41, 5.74) is -1.35. The van der Waals surface area contributed by atoms with Crippen molar-refractivity contribution in [1.82, 2.24) is 4.90 Å². The van der Waals surface area contributed by atoms with Crippen molar-refractivity contribution in [3.63, 3.8) is 0 Å². The van der Waals surface area contributed by atoms with Crippen LogP contribution in [0.3, 0.4) is 0 Å². The average Bonchev–Trinajstić information content (AvgIpc) is 2.48. The van der Waals surface area contributed by atoms with Gasteiger partial charge in [0.15, 0.2) is 0 Å². The van der Waals surface area contributed by atoms with Crippen LogP contribution in [0.1, 0.15) is 59.3 Å². The second-order valence-electron chi connectivity index (χ2n) is 8.30. The summed E-state index contributed by atoms with van der Waals surface area (Å²) in [4.78, 5) is 2.42. The third kappa shape index (κ3) is 1.78. The molecule has 0 unspecified atom stereocenters. The molecule has 3 heterocycles. The summed E-state index contributed by atoms with van der Waals surface area (Å²) in [6.07, 6.45) is 3.64. The van der Waals surface area contributed by atoms with Gasteiger partial charge in [0.05, 0.1) is 18.3 Å². The lowest BCUT2D eigenvalue weighted by Gasteiger charge is -2.74. The minimum Gasteiger partial charge on any atom is -0.392 e. The van der Waals surface area contributed by atoms with Gasteiger partial charge in [0, 0.05) is 35.9 Å². The first kappa shape index (κ1) is 16.7. The first-order valence-corrected chi connectivity index (χ1v) is 9.20. The Morgan fingerprint density at radius 2 is 0.955 bits per heavy atom. The van der Waals surface area contributed by atoms with E-state index in [1.807, 2.05) is 0 Å². The summed E-state index contributed by atoms with van der Waals surface area (Å²) >= 11 is 0. The first-order valence-electron chi connectivity index (χ1n) is 9.20. The van der Waals surface area contributed by atoms with Crippen LogP contribution in [0.5, 0.6) is 0 Å². The standard InChI is InChI=1S/C18H33NO3/c1-4-7-16-10-19-11-17(8-5-2,13(16)20)15(22)18(12-19,9-6-3)14(16)21/h13-15,20-22H,4-12H2,1-3H3. The van der Waals surface area contributed by atoms with Crippen molar-refractivity contribution in [2.75, 3.05) is 19.6 Å². The Bertz CT molecular complexity index is 351. The molecule has 4 bridgehead atoms. The van der Waals surface area contributed by atoms with Gasteiger partial charge in [-0.2, -0.15) is 0 Å². The van der Waals surface area contributed by atoms with E-state index in [2.05, 4.69) is 25.7 Å². The van der Waals surface area contributed by atoms with Crippen molar-refractivity contribution in [3.8, 4) is 0 Å². The molecule has 1 saturated carbocycles. The van der Waals surface area contributed by atoms with Crippen molar-refractivity contribution in [2.45, 2.75) is 77.6 Å². The van der Waals surface area contributed by atoms with E-state index >= 15 is 0 Å². The monoisotopic (exact) mass is 311 g/mol. The summed E-state index contributed by atoms with van der Waals surface area (Å²) < 4.78 is 0. The molecule has 3 aliphatic heterocycles. The van der Waals surface area contributed by atoms with Gasteiger partial charge in [-0.3, -0.25) is 0 Å². The number of hydrogen-bond acceptors (Lipinski definition) is 4. The first-order chi connectivity index (χ1) is 10.4. The van der Waals surface area contributed by atoms with Crippen molar-refractivity contribution >= 4 is 0 Å². The molecule has 1 aliphatic carbocycles. The normalized spacial score (nSPS) is 53.2. The van der Waals surface area contributed by atoms with Gasteiger partial charge in [-0.25, -0.2) is 0 Å². The van der Waals surface area contributed by atoms with Crippen LogP contribution in [-0.4, -0.2) is 58.2 Å². The molecule has 4 heteroatoms. The zero-order valence-electron chi connectivity index (χ0n) is 14.4. The van der Waals surface area contributed by atoms with E-state index in [9.17, 15) is 15.3 Å². The molecule has 4 nitrogen and oxygen atoms in total. The highest BCUT2D eigenvalue weighted by Crippen LogP contribution is 2.65. The molecule has 4 aliphatic rings. The molecule has 0 spiro atoms. The second kappa shape index (κ2) is 5.44. The molecule has 0 aromatic rings. The quantitative estimate of drug-likeness (QED) is 0.699. The molecule has 3 N–H and O–H groups in total. The fourth-order valence-corrected chi connectivity index (χ4v) is 6.56. The summed E-state index contributed by atoms with van der Waals surface area (Å²) in [7, 11) is 0. The molecule has 0 atom stereocenters. The summed E-state index contributed by atoms with van der Waals surface area (Å²) in [6, 6.07) is 0. The van der Waals surface area contributed by atoms with Crippen molar-refractivity contribution < 1.29 is 15.3 Å². The van der Waals surface area contributed by atoms with Crippen LogP contribution in [0.15, 0.2) is 0 Å². The van der Waals surface area contributed by atoms with Crippen molar-refractivity contribution in [1.29, 1.82) is 0 Å². The van der Waals surface area contributed by atoms with E-state index in [1.165, 1.54) is 0 Å². The number of rotatable bonds is 6. The fourth-order valence-electron chi connectivity index (χ4n) is 6.56. The highest BCUT2D eigenvalue weighted by molar-refractivity contribution is 5.25. The molecule has 4 rings (SSSR count). The van der Waals surface area contributed by atoms with E-state index in [0.717, 1.165) is 58.2 Å². The van der Waals surface area contributed by atoms with Gasteiger partial charge in [0.2, 0.25) is 0 Å². The maximum Gasteiger partial charge on any atom is 0.0727 e. The Hall–Kier alpha value is -0.160. The van der Waals surface area contributed by atoms with Crippen LogP contribution in [0.2, 0.25) is 0 Å². The van der Waals surface area contributed by atoms with Crippen LogP contribution in [0, 0.1) is 16.2 Å². The van der Waals surface area contributed by atoms with Crippen LogP contribution in [0.25, 0.3) is 0 Å². The van der Waals surface area contributed by atoms with E-state index in [1.54, 1.807) is 0 Å². The van der Waals surface area contributed by atoms with Gasteiger partial charge < -0.3 is 20.2 Å². The average molecular weight is 311 g/mol. The third-order valence-corrected chi connectivity index (χ3v) is 6.97. The molecule has 0 aromatic heterocycles. The smallest absolute Gasteiger partial charge is 0.0727 e. The van der Waals surface area contributed by atoms with Gasteiger partial charge in [0.25, 0.3) is 0 Å². The molecular formula is C18H33NO3. The second-order valence-corrected chi connectivity index (χ2v) is 8.30. The topological polar surface area (TPSA) is 63.9 Å². The molecule has 0 aromatic carbocycles. The Morgan fingerprint density at radius 1 is 0.682 bits per heavy atom. The number of hydrogen-bond donors (Lipinski definition) is 3. The number of aliphatic hydroxyl groups is 3. The van der Waals surface area contributed by atoms with E-state index < -0.39 is 34.6 Å². The SMILES string of the molecule is CCCC12CN3CC(CCC)(C1O)C(O)C(CCC)(C3)C2O. The predicted octanol–water partition coefficient (Wildman–Crippen LogP) is 1.77. The zero-order chi connectivity index (χ0) is 16.2. The van der Waals surface area contributed by atoms with Crippen LogP contribution in [-0.2, 0) is 0 Å². The molecule has 3 saturated heterocycles. The largest absolute Gasteiger partial charge is 0.392 e. The van der Waals surface area contributed by atoms with Gasteiger partial charge in [-0.05, 0) is 19.3 Å². The van der Waals surface area contributed by atoms with Gasteiger partial charge >= 0.3 is 0 Å². The summed E-state index contributed by atoms with van der Waals surface area (Å²) in [6.45, 7) is 8.74. The Kier molecular flexibility index (Phi) is 4.13. The van der Waals surface area contributed by atoms with Crippen LogP contribution >= 0.6 is 0 Å². The number of aliphatic hydroxyl groups excluding tert-OH is 3. The lowest BCUT2D eigenvalue weighted by molar-refractivity contribution is -0.347. The van der Waals surface area contributed by atoms with E-state index in [-0.39, 0.29) is 0 Å². The highest BCUT2D eigenvalue weighted by atomic mass is 16.3. The van der Waals surface area contributed by atoms with Gasteiger partial charge in [0.1, 0.15) is 0 Å². The number of nitrogens with zero attached hydrogens (tertiary/aromatic N) is 1. The van der Waals surface area contributed by atoms with Crippen molar-refractivity contribution in [3.05, 3.63) is 0 Å². The van der Waals surface area contributed by atoms with Crippen LogP contribution < -0.4 is 0 Å². The summed E-state index contributed by atoms with van der Waals surface area (Å²) in [5, 5.41) is 33.8. The minimum absolute atomic E-state index is 0.450. The van der Waals surface area contributed by atoms with E-state index in [0.29, 0.717) is 0 Å². The Morgan fingerprint density at radius 3 is 1.18 bits per heavy atom. The zero-order valence-corrected chi connectivity index (χ0v) is 14.4. The van der Waals surface area contributed by atoms with Gasteiger partial charge in [-0.15, -0.1) is 0 Å². The lowest BCUT2D eigenvalue weighted by Crippen LogP contribution is -2.84. The maximum absolute atomic E-state index is 11.3. The molecule has 0 amide bonds.